The van der Waals surface area contributed by atoms with E-state index in [1.165, 1.54) is 6.33 Å². The maximum atomic E-state index is 9.34. The maximum absolute atomic E-state index is 9.34. The zero-order valence-corrected chi connectivity index (χ0v) is 12.9. The second-order valence-electron chi connectivity index (χ2n) is 5.16. The van der Waals surface area contributed by atoms with Crippen molar-refractivity contribution in [3.8, 4) is 5.75 Å². The Morgan fingerprint density at radius 3 is 2.95 bits per heavy atom. The molecule has 0 spiro atoms. The number of nitrogens with zero attached hydrogens (tertiary/aromatic N) is 3. The van der Waals surface area contributed by atoms with Crippen molar-refractivity contribution in [2.45, 2.75) is 32.5 Å². The van der Waals surface area contributed by atoms with Crippen molar-refractivity contribution in [2.24, 2.45) is 0 Å². The first kappa shape index (κ1) is 15.8. The van der Waals surface area contributed by atoms with Crippen molar-refractivity contribution in [3.05, 3.63) is 6.33 Å². The molecule has 1 aromatic rings. The van der Waals surface area contributed by atoms with E-state index >= 15 is 0 Å². The van der Waals surface area contributed by atoms with E-state index < -0.39 is 0 Å². The summed E-state index contributed by atoms with van der Waals surface area (Å²) in [5, 5.41) is 12.6. The minimum Gasteiger partial charge on any atom is -0.490 e. The van der Waals surface area contributed by atoms with Gasteiger partial charge in [-0.1, -0.05) is 6.92 Å². The zero-order chi connectivity index (χ0) is 15.2. The molecule has 1 aliphatic rings. The highest BCUT2D eigenvalue weighted by Crippen LogP contribution is 2.33. The predicted octanol–water partition coefficient (Wildman–Crippen LogP) is 0.893. The van der Waals surface area contributed by atoms with Gasteiger partial charge in [-0.2, -0.15) is 0 Å². The average molecular weight is 296 g/mol. The van der Waals surface area contributed by atoms with Gasteiger partial charge < -0.3 is 24.8 Å². The summed E-state index contributed by atoms with van der Waals surface area (Å²) >= 11 is 0. The molecule has 2 heterocycles. The third-order valence-corrected chi connectivity index (χ3v) is 3.36. The van der Waals surface area contributed by atoms with Gasteiger partial charge in [0.05, 0.1) is 25.9 Å². The second-order valence-corrected chi connectivity index (χ2v) is 5.16. The third kappa shape index (κ3) is 3.74. The van der Waals surface area contributed by atoms with E-state index in [1.54, 1.807) is 7.11 Å². The van der Waals surface area contributed by atoms with E-state index in [2.05, 4.69) is 27.1 Å². The molecule has 1 saturated heterocycles. The van der Waals surface area contributed by atoms with Gasteiger partial charge in [0.15, 0.2) is 11.6 Å². The number of aliphatic hydroxyl groups excluding tert-OH is 1. The van der Waals surface area contributed by atoms with Crippen molar-refractivity contribution < 1.29 is 14.6 Å². The fraction of sp³-hybridized carbons (Fsp3) is 0.714. The lowest BCUT2D eigenvalue weighted by atomic mass is 10.2. The first-order valence-electron chi connectivity index (χ1n) is 7.33. The molecule has 0 saturated carbocycles. The molecule has 21 heavy (non-hydrogen) atoms. The predicted molar refractivity (Wildman–Crippen MR) is 81.0 cm³/mol. The Balaban J connectivity index is 2.25. The highest BCUT2D eigenvalue weighted by molar-refractivity contribution is 5.65. The molecule has 0 amide bonds. The third-order valence-electron chi connectivity index (χ3n) is 3.36. The number of ether oxygens (including phenoxy) is 2. The van der Waals surface area contributed by atoms with Gasteiger partial charge in [0.2, 0.25) is 5.75 Å². The van der Waals surface area contributed by atoms with Crippen LogP contribution in [0.15, 0.2) is 6.33 Å². The molecule has 2 unspecified atom stereocenters. The van der Waals surface area contributed by atoms with Crippen LogP contribution in [0.25, 0.3) is 0 Å². The molecular weight excluding hydrogens is 272 g/mol. The lowest BCUT2D eigenvalue weighted by Gasteiger charge is -2.37. The van der Waals surface area contributed by atoms with E-state index in [1.807, 2.05) is 6.92 Å². The SMILES string of the molecule is CCCNc1ncnc(N2CC(C)OC(CO)C2)c1OC. The Morgan fingerprint density at radius 2 is 2.29 bits per heavy atom. The largest absolute Gasteiger partial charge is 0.490 e. The van der Waals surface area contributed by atoms with Gasteiger partial charge in [0.1, 0.15) is 6.33 Å². The average Bonchev–Trinajstić information content (AvgIpc) is 2.51. The van der Waals surface area contributed by atoms with Crippen LogP contribution >= 0.6 is 0 Å². The Bertz CT molecular complexity index is 458. The minimum atomic E-state index is -0.208. The van der Waals surface area contributed by atoms with Gasteiger partial charge >= 0.3 is 0 Å². The Morgan fingerprint density at radius 1 is 1.48 bits per heavy atom. The molecule has 0 aromatic carbocycles. The van der Waals surface area contributed by atoms with Crippen molar-refractivity contribution in [3.63, 3.8) is 0 Å². The molecule has 1 aromatic heterocycles. The lowest BCUT2D eigenvalue weighted by Crippen LogP contribution is -2.48. The first-order valence-corrected chi connectivity index (χ1v) is 7.33. The van der Waals surface area contributed by atoms with Crippen LogP contribution in [0.4, 0.5) is 11.6 Å². The van der Waals surface area contributed by atoms with Crippen molar-refractivity contribution >= 4 is 11.6 Å². The fourth-order valence-corrected chi connectivity index (χ4v) is 2.47. The molecule has 7 heteroatoms. The van der Waals surface area contributed by atoms with Crippen molar-refractivity contribution in [1.29, 1.82) is 0 Å². The summed E-state index contributed by atoms with van der Waals surface area (Å²) in [4.78, 5) is 10.7. The smallest absolute Gasteiger partial charge is 0.204 e. The van der Waals surface area contributed by atoms with Gasteiger partial charge in [0.25, 0.3) is 0 Å². The molecule has 0 bridgehead atoms. The van der Waals surface area contributed by atoms with Crippen LogP contribution in [0.1, 0.15) is 20.3 Å². The molecule has 0 radical (unpaired) electrons. The number of rotatable bonds is 6. The number of morpholine rings is 1. The molecule has 2 atom stereocenters. The number of hydrogen-bond acceptors (Lipinski definition) is 7. The Labute approximate surface area is 125 Å². The van der Waals surface area contributed by atoms with Crippen LogP contribution in [-0.2, 0) is 4.74 Å². The second kappa shape index (κ2) is 7.42. The van der Waals surface area contributed by atoms with Crippen LogP contribution in [0, 0.1) is 0 Å². The quantitative estimate of drug-likeness (QED) is 0.807. The summed E-state index contributed by atoms with van der Waals surface area (Å²) in [5.74, 6) is 2.07. The van der Waals surface area contributed by atoms with Crippen LogP contribution in [0.5, 0.6) is 5.75 Å². The van der Waals surface area contributed by atoms with Crippen molar-refractivity contribution in [2.75, 3.05) is 43.6 Å². The minimum absolute atomic E-state index is 0.00478. The highest BCUT2D eigenvalue weighted by atomic mass is 16.5. The Hall–Kier alpha value is -1.60. The summed E-state index contributed by atoms with van der Waals surface area (Å²) in [6, 6.07) is 0. The van der Waals surface area contributed by atoms with E-state index in [-0.39, 0.29) is 18.8 Å². The van der Waals surface area contributed by atoms with Crippen LogP contribution in [0.2, 0.25) is 0 Å². The van der Waals surface area contributed by atoms with E-state index in [9.17, 15) is 5.11 Å². The normalized spacial score (nSPS) is 22.2. The van der Waals surface area contributed by atoms with Gasteiger partial charge in [-0.05, 0) is 13.3 Å². The molecule has 7 nitrogen and oxygen atoms in total. The maximum Gasteiger partial charge on any atom is 0.204 e. The van der Waals surface area contributed by atoms with Crippen LogP contribution in [-0.4, -0.2) is 60.6 Å². The monoisotopic (exact) mass is 296 g/mol. The number of methoxy groups -OCH3 is 1. The standard InChI is InChI=1S/C14H24N4O3/c1-4-5-15-13-12(20-3)14(17-9-16-13)18-6-10(2)21-11(7-18)8-19/h9-11,19H,4-8H2,1-3H3,(H,15,16,17). The molecule has 2 rings (SSSR count). The Kier molecular flexibility index (Phi) is 5.58. The van der Waals surface area contributed by atoms with E-state index in [4.69, 9.17) is 9.47 Å². The summed E-state index contributed by atoms with van der Waals surface area (Å²) in [5.41, 5.74) is 0. The van der Waals surface area contributed by atoms with Crippen LogP contribution < -0.4 is 15.0 Å². The molecule has 118 valence electrons. The lowest BCUT2D eigenvalue weighted by molar-refractivity contribution is -0.0423. The summed E-state index contributed by atoms with van der Waals surface area (Å²) in [6.07, 6.45) is 2.36. The molecule has 0 aliphatic carbocycles. The number of aliphatic hydroxyl groups is 1. The molecule has 1 fully saturated rings. The highest BCUT2D eigenvalue weighted by Gasteiger charge is 2.28. The first-order chi connectivity index (χ1) is 10.2. The summed E-state index contributed by atoms with van der Waals surface area (Å²) in [7, 11) is 1.62. The summed E-state index contributed by atoms with van der Waals surface area (Å²) in [6.45, 7) is 6.19. The van der Waals surface area contributed by atoms with Gasteiger partial charge in [0, 0.05) is 19.6 Å². The molecular formula is C14H24N4O3. The van der Waals surface area contributed by atoms with Gasteiger partial charge in [-0.25, -0.2) is 9.97 Å². The van der Waals surface area contributed by atoms with Gasteiger partial charge in [-0.15, -0.1) is 0 Å². The van der Waals surface area contributed by atoms with Crippen LogP contribution in [0.3, 0.4) is 0 Å². The fourth-order valence-electron chi connectivity index (χ4n) is 2.47. The van der Waals surface area contributed by atoms with Gasteiger partial charge in [-0.3, -0.25) is 0 Å². The van der Waals surface area contributed by atoms with Crippen molar-refractivity contribution in [1.82, 2.24) is 9.97 Å². The van der Waals surface area contributed by atoms with E-state index in [0.717, 1.165) is 18.8 Å². The summed E-state index contributed by atoms with van der Waals surface area (Å²) < 4.78 is 11.2. The number of nitrogens with one attached hydrogen (secondary N) is 1. The molecule has 1 aliphatic heterocycles. The number of anilines is 2. The number of hydrogen-bond donors (Lipinski definition) is 2. The van der Waals surface area contributed by atoms with E-state index in [0.29, 0.717) is 24.7 Å². The zero-order valence-electron chi connectivity index (χ0n) is 12.9. The number of aromatic nitrogens is 2. The molecule has 2 N–H and O–H groups in total. The topological polar surface area (TPSA) is 79.7 Å².